The van der Waals surface area contributed by atoms with Gasteiger partial charge in [0.1, 0.15) is 5.75 Å². The number of amides is 1. The smallest absolute Gasteiger partial charge is 0.345 e. The number of hydrogen-bond donors (Lipinski definition) is 2. The maximum absolute atomic E-state index is 12.2. The molecule has 0 aromatic heterocycles. The standard InChI is InChI=1S/C23H20ClN3O3/c1-16-6-10-18(11-7-16)25-15-22(28)27-26-14-17-8-12-19(13-9-17)30-23(29)20-4-2-3-5-21(20)24/h2-14,25H,15H2,1H3,(H,27,28)/b26-14-. The number of nitrogens with one attached hydrogen (secondary N) is 2. The minimum Gasteiger partial charge on any atom is -0.423 e. The summed E-state index contributed by atoms with van der Waals surface area (Å²) in [6.07, 6.45) is 1.50. The van der Waals surface area contributed by atoms with Crippen molar-refractivity contribution >= 4 is 35.4 Å². The number of benzene rings is 3. The highest BCUT2D eigenvalue weighted by molar-refractivity contribution is 6.33. The number of anilines is 1. The summed E-state index contributed by atoms with van der Waals surface area (Å²) in [6.45, 7) is 2.11. The summed E-state index contributed by atoms with van der Waals surface area (Å²) in [5.74, 6) is -0.420. The fourth-order valence-corrected chi connectivity index (χ4v) is 2.70. The van der Waals surface area contributed by atoms with Gasteiger partial charge in [-0.05, 0) is 61.0 Å². The molecule has 0 aliphatic rings. The van der Waals surface area contributed by atoms with Crippen molar-refractivity contribution in [2.75, 3.05) is 11.9 Å². The molecule has 0 bridgehead atoms. The van der Waals surface area contributed by atoms with Gasteiger partial charge in [-0.25, -0.2) is 10.2 Å². The van der Waals surface area contributed by atoms with E-state index >= 15 is 0 Å². The molecule has 0 saturated heterocycles. The molecular weight excluding hydrogens is 402 g/mol. The summed E-state index contributed by atoms with van der Waals surface area (Å²) < 4.78 is 5.31. The van der Waals surface area contributed by atoms with E-state index in [0.29, 0.717) is 16.3 Å². The van der Waals surface area contributed by atoms with Crippen molar-refractivity contribution in [1.29, 1.82) is 0 Å². The summed E-state index contributed by atoms with van der Waals surface area (Å²) >= 11 is 6.00. The Hall–Kier alpha value is -3.64. The van der Waals surface area contributed by atoms with Crippen molar-refractivity contribution < 1.29 is 14.3 Å². The Kier molecular flexibility index (Phi) is 7.19. The molecule has 0 spiro atoms. The van der Waals surface area contributed by atoms with Crippen molar-refractivity contribution in [2.45, 2.75) is 6.92 Å². The van der Waals surface area contributed by atoms with Crippen LogP contribution >= 0.6 is 11.6 Å². The number of esters is 1. The minimum atomic E-state index is -0.532. The molecule has 3 aromatic rings. The van der Waals surface area contributed by atoms with E-state index in [-0.39, 0.29) is 12.5 Å². The highest BCUT2D eigenvalue weighted by Gasteiger charge is 2.11. The van der Waals surface area contributed by atoms with Crippen molar-refractivity contribution in [2.24, 2.45) is 5.10 Å². The summed E-state index contributed by atoms with van der Waals surface area (Å²) in [4.78, 5) is 24.0. The molecule has 0 heterocycles. The van der Waals surface area contributed by atoms with Crippen molar-refractivity contribution in [1.82, 2.24) is 5.43 Å². The van der Waals surface area contributed by atoms with Crippen molar-refractivity contribution in [3.8, 4) is 5.75 Å². The average Bonchev–Trinajstić information content (AvgIpc) is 2.75. The topological polar surface area (TPSA) is 79.8 Å². The third-order valence-corrected chi connectivity index (χ3v) is 4.42. The molecule has 0 radical (unpaired) electrons. The Morgan fingerprint density at radius 2 is 1.70 bits per heavy atom. The molecule has 3 aromatic carbocycles. The summed E-state index contributed by atoms with van der Waals surface area (Å²) in [6, 6.07) is 21.1. The number of aryl methyl sites for hydroxylation is 1. The number of nitrogens with zero attached hydrogens (tertiary/aromatic N) is 1. The number of carbonyl (C=O) groups is 2. The van der Waals surface area contributed by atoms with Crippen LogP contribution in [0.15, 0.2) is 77.9 Å². The number of hydrazone groups is 1. The predicted molar refractivity (Wildman–Crippen MR) is 118 cm³/mol. The van der Waals surface area contributed by atoms with E-state index in [1.165, 1.54) is 6.21 Å². The molecule has 0 fully saturated rings. The van der Waals surface area contributed by atoms with Crippen LogP contribution in [0.25, 0.3) is 0 Å². The van der Waals surface area contributed by atoms with Gasteiger partial charge in [-0.15, -0.1) is 0 Å². The van der Waals surface area contributed by atoms with Gasteiger partial charge in [-0.3, -0.25) is 4.79 Å². The second-order valence-electron chi connectivity index (χ2n) is 6.45. The van der Waals surface area contributed by atoms with E-state index < -0.39 is 5.97 Å². The van der Waals surface area contributed by atoms with Crippen LogP contribution < -0.4 is 15.5 Å². The molecule has 0 saturated carbocycles. The van der Waals surface area contributed by atoms with E-state index in [0.717, 1.165) is 16.8 Å². The molecule has 2 N–H and O–H groups in total. The zero-order valence-electron chi connectivity index (χ0n) is 16.3. The Bertz CT molecular complexity index is 1050. The van der Waals surface area contributed by atoms with Crippen molar-refractivity contribution in [3.63, 3.8) is 0 Å². The third kappa shape index (κ3) is 6.18. The number of ether oxygens (including phenoxy) is 1. The third-order valence-electron chi connectivity index (χ3n) is 4.09. The molecule has 6 nitrogen and oxygen atoms in total. The summed E-state index contributed by atoms with van der Waals surface area (Å²) in [5, 5.41) is 7.28. The van der Waals surface area contributed by atoms with Crippen LogP contribution in [-0.4, -0.2) is 24.6 Å². The Balaban J connectivity index is 1.47. The second kappa shape index (κ2) is 10.2. The van der Waals surface area contributed by atoms with Gasteiger partial charge in [0.15, 0.2) is 0 Å². The van der Waals surface area contributed by atoms with Gasteiger partial charge in [0.2, 0.25) is 0 Å². The van der Waals surface area contributed by atoms with Gasteiger partial charge in [0.25, 0.3) is 5.91 Å². The number of halogens is 1. The SMILES string of the molecule is Cc1ccc(NCC(=O)N/N=C\c2ccc(OC(=O)c3ccccc3Cl)cc2)cc1. The Morgan fingerprint density at radius 3 is 2.40 bits per heavy atom. The van der Waals surface area contributed by atoms with E-state index in [1.807, 2.05) is 31.2 Å². The fraction of sp³-hybridized carbons (Fsp3) is 0.0870. The molecule has 7 heteroatoms. The van der Waals surface area contributed by atoms with Crippen LogP contribution in [0.1, 0.15) is 21.5 Å². The number of hydrogen-bond acceptors (Lipinski definition) is 5. The van der Waals surface area contributed by atoms with Gasteiger partial charge < -0.3 is 10.1 Å². The normalized spacial score (nSPS) is 10.6. The fourth-order valence-electron chi connectivity index (χ4n) is 2.48. The molecule has 0 atom stereocenters. The molecule has 3 rings (SSSR count). The van der Waals surface area contributed by atoms with Gasteiger partial charge in [0, 0.05) is 5.69 Å². The minimum absolute atomic E-state index is 0.108. The second-order valence-corrected chi connectivity index (χ2v) is 6.86. The molecule has 0 aliphatic carbocycles. The molecule has 30 heavy (non-hydrogen) atoms. The summed E-state index contributed by atoms with van der Waals surface area (Å²) in [7, 11) is 0. The lowest BCUT2D eigenvalue weighted by molar-refractivity contribution is -0.119. The molecule has 0 aliphatic heterocycles. The first-order valence-electron chi connectivity index (χ1n) is 9.20. The lowest BCUT2D eigenvalue weighted by Crippen LogP contribution is -2.25. The number of carbonyl (C=O) groups excluding carboxylic acids is 2. The monoisotopic (exact) mass is 421 g/mol. The first-order valence-corrected chi connectivity index (χ1v) is 9.58. The zero-order chi connectivity index (χ0) is 21.3. The van der Waals surface area contributed by atoms with Crippen LogP contribution in [0.4, 0.5) is 5.69 Å². The lowest BCUT2D eigenvalue weighted by atomic mass is 10.2. The van der Waals surface area contributed by atoms with E-state index in [4.69, 9.17) is 16.3 Å². The van der Waals surface area contributed by atoms with E-state index in [2.05, 4.69) is 15.8 Å². The predicted octanol–water partition coefficient (Wildman–Crippen LogP) is 4.43. The molecule has 152 valence electrons. The highest BCUT2D eigenvalue weighted by Crippen LogP contribution is 2.18. The van der Waals surface area contributed by atoms with Crippen LogP contribution in [0.2, 0.25) is 5.02 Å². The lowest BCUT2D eigenvalue weighted by Gasteiger charge is -2.06. The zero-order valence-corrected chi connectivity index (χ0v) is 17.0. The maximum atomic E-state index is 12.2. The van der Waals surface area contributed by atoms with Crippen LogP contribution in [0.3, 0.4) is 0 Å². The molecule has 1 amide bonds. The molecule has 0 unspecified atom stereocenters. The Labute approximate surface area is 179 Å². The van der Waals surface area contributed by atoms with Crippen LogP contribution in [0, 0.1) is 6.92 Å². The van der Waals surface area contributed by atoms with Crippen molar-refractivity contribution in [3.05, 3.63) is 94.5 Å². The molecular formula is C23H20ClN3O3. The summed E-state index contributed by atoms with van der Waals surface area (Å²) in [5.41, 5.74) is 5.50. The average molecular weight is 422 g/mol. The van der Waals surface area contributed by atoms with Gasteiger partial charge in [-0.1, -0.05) is 41.4 Å². The number of rotatable bonds is 7. The Morgan fingerprint density at radius 1 is 1.00 bits per heavy atom. The first kappa shape index (κ1) is 21.1. The first-order chi connectivity index (χ1) is 14.5. The van der Waals surface area contributed by atoms with Crippen LogP contribution in [-0.2, 0) is 4.79 Å². The van der Waals surface area contributed by atoms with E-state index in [9.17, 15) is 9.59 Å². The van der Waals surface area contributed by atoms with Gasteiger partial charge in [0.05, 0.1) is 23.3 Å². The maximum Gasteiger partial charge on any atom is 0.345 e. The van der Waals surface area contributed by atoms with Gasteiger partial charge >= 0.3 is 5.97 Å². The van der Waals surface area contributed by atoms with E-state index in [1.54, 1.807) is 48.5 Å². The quantitative estimate of drug-likeness (QED) is 0.256. The van der Waals surface area contributed by atoms with Crippen LogP contribution in [0.5, 0.6) is 5.75 Å². The highest BCUT2D eigenvalue weighted by atomic mass is 35.5. The van der Waals surface area contributed by atoms with Gasteiger partial charge in [-0.2, -0.15) is 5.10 Å². The largest absolute Gasteiger partial charge is 0.423 e.